The Bertz CT molecular complexity index is 253. The quantitative estimate of drug-likeness (QED) is 0.680. The summed E-state index contributed by atoms with van der Waals surface area (Å²) >= 11 is 0. The van der Waals surface area contributed by atoms with E-state index in [-0.39, 0.29) is 0 Å². The molecule has 2 heteroatoms. The highest BCUT2D eigenvalue weighted by atomic mass is 15.0. The number of hydrogen-bond donors (Lipinski definition) is 1. The van der Waals surface area contributed by atoms with Gasteiger partial charge in [-0.1, -0.05) is 6.08 Å². The maximum Gasteiger partial charge on any atom is 0.0361 e. The lowest BCUT2D eigenvalue weighted by molar-refractivity contribution is 0.0199. The zero-order valence-electron chi connectivity index (χ0n) is 9.21. The summed E-state index contributed by atoms with van der Waals surface area (Å²) in [5.74, 6) is 0.789. The van der Waals surface area contributed by atoms with Crippen molar-refractivity contribution in [3.8, 4) is 0 Å². The van der Waals surface area contributed by atoms with Crippen molar-refractivity contribution in [2.75, 3.05) is 19.6 Å². The largest absolute Gasteiger partial charge is 0.316 e. The normalized spacial score (nSPS) is 26.6. The van der Waals surface area contributed by atoms with Gasteiger partial charge >= 0.3 is 0 Å². The van der Waals surface area contributed by atoms with Gasteiger partial charge in [-0.05, 0) is 43.6 Å². The van der Waals surface area contributed by atoms with E-state index in [1.165, 1.54) is 31.5 Å². The highest BCUT2D eigenvalue weighted by Gasteiger charge is 2.48. The number of allylic oxidation sites excluding steroid dienone is 2. The fourth-order valence-corrected chi connectivity index (χ4v) is 2.60. The summed E-state index contributed by atoms with van der Waals surface area (Å²) in [5.41, 5.74) is 2.13. The highest BCUT2D eigenvalue weighted by Crippen LogP contribution is 2.50. The van der Waals surface area contributed by atoms with Gasteiger partial charge in [-0.15, -0.1) is 0 Å². The third-order valence-electron chi connectivity index (χ3n) is 3.59. The maximum absolute atomic E-state index is 4.33. The van der Waals surface area contributed by atoms with Crippen molar-refractivity contribution >= 4 is 6.21 Å². The molecule has 1 aliphatic heterocycles. The van der Waals surface area contributed by atoms with Crippen molar-refractivity contribution in [3.05, 3.63) is 11.6 Å². The topological polar surface area (TPSA) is 24.4 Å². The van der Waals surface area contributed by atoms with Crippen molar-refractivity contribution in [3.63, 3.8) is 0 Å². The van der Waals surface area contributed by atoms with Gasteiger partial charge in [0.05, 0.1) is 0 Å². The predicted octanol–water partition coefficient (Wildman–Crippen LogP) is 2.02. The Morgan fingerprint density at radius 2 is 2.21 bits per heavy atom. The van der Waals surface area contributed by atoms with Crippen LogP contribution in [0.1, 0.15) is 26.7 Å². The van der Waals surface area contributed by atoms with Crippen LogP contribution in [-0.4, -0.2) is 25.8 Å². The number of nitrogens with zero attached hydrogens (tertiary/aromatic N) is 1. The first-order valence-electron chi connectivity index (χ1n) is 5.66. The molecule has 78 valence electrons. The van der Waals surface area contributed by atoms with Crippen LogP contribution in [0.2, 0.25) is 0 Å². The molecule has 2 rings (SSSR count). The second-order valence-electron chi connectivity index (χ2n) is 4.63. The van der Waals surface area contributed by atoms with Crippen LogP contribution >= 0.6 is 0 Å². The molecule has 1 saturated carbocycles. The summed E-state index contributed by atoms with van der Waals surface area (Å²) in [7, 11) is 0. The van der Waals surface area contributed by atoms with Gasteiger partial charge in [0, 0.05) is 25.8 Å². The fourth-order valence-electron chi connectivity index (χ4n) is 2.60. The first-order valence-corrected chi connectivity index (χ1v) is 5.66. The van der Waals surface area contributed by atoms with E-state index in [9.17, 15) is 0 Å². The minimum atomic E-state index is 0.680. The lowest BCUT2D eigenvalue weighted by atomic mass is 9.57. The summed E-state index contributed by atoms with van der Waals surface area (Å²) in [4.78, 5) is 4.33. The van der Waals surface area contributed by atoms with Crippen LogP contribution in [0.5, 0.6) is 0 Å². The molecule has 0 aromatic carbocycles. The summed E-state index contributed by atoms with van der Waals surface area (Å²) < 4.78 is 0. The number of hydrogen-bond acceptors (Lipinski definition) is 2. The lowest BCUT2D eigenvalue weighted by Crippen LogP contribution is -2.60. The smallest absolute Gasteiger partial charge is 0.0361 e. The highest BCUT2D eigenvalue weighted by molar-refractivity contribution is 5.79. The van der Waals surface area contributed by atoms with E-state index in [0.29, 0.717) is 5.41 Å². The van der Waals surface area contributed by atoms with Crippen molar-refractivity contribution < 1.29 is 0 Å². The van der Waals surface area contributed by atoms with E-state index in [0.717, 1.165) is 12.5 Å². The average Bonchev–Trinajstić information content (AvgIpc) is 2.05. The summed E-state index contributed by atoms with van der Waals surface area (Å²) in [5, 5.41) is 3.37. The molecule has 0 aromatic rings. The Morgan fingerprint density at radius 3 is 2.64 bits per heavy atom. The molecule has 0 radical (unpaired) electrons. The van der Waals surface area contributed by atoms with Gasteiger partial charge < -0.3 is 5.32 Å². The Balaban J connectivity index is 1.87. The standard InChI is InChI=1S/C12H20N2/c1-3-10(7-13-4-2)11-5-12(6-11)8-14-9-12/h3,7,11,14H,4-6,8-9H2,1-2H3/b10-3+,13-7?. The molecule has 0 bridgehead atoms. The van der Waals surface area contributed by atoms with E-state index >= 15 is 0 Å². The molecular formula is C12H20N2. The SMILES string of the molecule is C/C=C(\C=NCC)C1CC2(CNC2)C1. The number of rotatable bonds is 3. The molecule has 14 heavy (non-hydrogen) atoms. The van der Waals surface area contributed by atoms with Gasteiger partial charge in [0.2, 0.25) is 0 Å². The molecule has 1 aliphatic carbocycles. The zero-order chi connectivity index (χ0) is 10.0. The molecule has 0 atom stereocenters. The lowest BCUT2D eigenvalue weighted by Gasteiger charge is -2.54. The van der Waals surface area contributed by atoms with E-state index in [4.69, 9.17) is 0 Å². The van der Waals surface area contributed by atoms with Crippen molar-refractivity contribution in [1.29, 1.82) is 0 Å². The molecule has 1 N–H and O–H groups in total. The van der Waals surface area contributed by atoms with E-state index < -0.39 is 0 Å². The zero-order valence-corrected chi connectivity index (χ0v) is 9.21. The van der Waals surface area contributed by atoms with Crippen LogP contribution < -0.4 is 5.32 Å². The van der Waals surface area contributed by atoms with Gasteiger partial charge in [0.25, 0.3) is 0 Å². The third kappa shape index (κ3) is 1.63. The summed E-state index contributed by atoms with van der Waals surface area (Å²) in [6.45, 7) is 7.59. The summed E-state index contributed by atoms with van der Waals surface area (Å²) in [6.07, 6.45) is 7.04. The van der Waals surface area contributed by atoms with Crippen molar-refractivity contribution in [2.45, 2.75) is 26.7 Å². The first kappa shape index (κ1) is 9.91. The van der Waals surface area contributed by atoms with Crippen LogP contribution in [0.25, 0.3) is 0 Å². The van der Waals surface area contributed by atoms with Crippen LogP contribution in [0.15, 0.2) is 16.6 Å². The van der Waals surface area contributed by atoms with Gasteiger partial charge in [0.15, 0.2) is 0 Å². The third-order valence-corrected chi connectivity index (χ3v) is 3.59. The molecule has 2 fully saturated rings. The minimum absolute atomic E-state index is 0.680. The average molecular weight is 192 g/mol. The second-order valence-corrected chi connectivity index (χ2v) is 4.63. The first-order chi connectivity index (χ1) is 6.79. The maximum atomic E-state index is 4.33. The molecular weight excluding hydrogens is 172 g/mol. The van der Waals surface area contributed by atoms with Gasteiger partial charge in [0.1, 0.15) is 0 Å². The molecule has 2 aliphatic rings. The molecule has 0 unspecified atom stereocenters. The van der Waals surface area contributed by atoms with E-state index in [1.54, 1.807) is 0 Å². The second kappa shape index (κ2) is 3.85. The number of nitrogens with one attached hydrogen (secondary N) is 1. The molecule has 2 nitrogen and oxygen atoms in total. The van der Waals surface area contributed by atoms with Crippen LogP contribution in [-0.2, 0) is 0 Å². The van der Waals surface area contributed by atoms with E-state index in [2.05, 4.69) is 36.4 Å². The van der Waals surface area contributed by atoms with Crippen LogP contribution in [0.3, 0.4) is 0 Å². The molecule has 0 amide bonds. The summed E-state index contributed by atoms with van der Waals surface area (Å²) in [6, 6.07) is 0. The molecule has 1 saturated heterocycles. The number of aliphatic imine (C=N–C) groups is 1. The van der Waals surface area contributed by atoms with Crippen LogP contribution in [0, 0.1) is 11.3 Å². The predicted molar refractivity (Wildman–Crippen MR) is 60.8 cm³/mol. The molecule has 1 heterocycles. The monoisotopic (exact) mass is 192 g/mol. The Kier molecular flexibility index (Phi) is 2.73. The molecule has 1 spiro atoms. The van der Waals surface area contributed by atoms with Gasteiger partial charge in [-0.3, -0.25) is 4.99 Å². The van der Waals surface area contributed by atoms with Crippen LogP contribution in [0.4, 0.5) is 0 Å². The van der Waals surface area contributed by atoms with Crippen molar-refractivity contribution in [2.24, 2.45) is 16.3 Å². The Morgan fingerprint density at radius 1 is 1.50 bits per heavy atom. The van der Waals surface area contributed by atoms with Gasteiger partial charge in [-0.25, -0.2) is 0 Å². The Labute approximate surface area is 86.5 Å². The molecule has 0 aromatic heterocycles. The minimum Gasteiger partial charge on any atom is -0.316 e. The Hall–Kier alpha value is -0.630. The van der Waals surface area contributed by atoms with E-state index in [1.807, 2.05) is 0 Å². The van der Waals surface area contributed by atoms with Crippen molar-refractivity contribution in [1.82, 2.24) is 5.32 Å². The fraction of sp³-hybridized carbons (Fsp3) is 0.750. The van der Waals surface area contributed by atoms with Gasteiger partial charge in [-0.2, -0.15) is 0 Å².